The number of hydrogen-bond acceptors (Lipinski definition) is 3. The molecule has 0 amide bonds. The normalized spacial score (nSPS) is 28.1. The Labute approximate surface area is 137 Å². The molecule has 1 aromatic carbocycles. The van der Waals surface area contributed by atoms with Gasteiger partial charge in [-0.15, -0.1) is 0 Å². The van der Waals surface area contributed by atoms with E-state index in [0.717, 1.165) is 18.5 Å². The molecule has 1 saturated carbocycles. The zero-order valence-corrected chi connectivity index (χ0v) is 13.4. The lowest BCUT2D eigenvalue weighted by atomic mass is 9.76. The SMILES string of the molecule is O=C(O)C(CC(=O)C1NC[C@H]2CCCC[C@@H]12)Cc1ccccc1. The van der Waals surface area contributed by atoms with E-state index < -0.39 is 11.9 Å². The van der Waals surface area contributed by atoms with Crippen LogP contribution in [0.1, 0.15) is 37.7 Å². The van der Waals surface area contributed by atoms with Crippen LogP contribution in [-0.4, -0.2) is 29.4 Å². The molecule has 2 N–H and O–H groups in total. The molecule has 0 radical (unpaired) electrons. The molecule has 124 valence electrons. The zero-order valence-electron chi connectivity index (χ0n) is 13.4. The fraction of sp³-hybridized carbons (Fsp3) is 0.579. The number of rotatable bonds is 6. The molecule has 0 spiro atoms. The second kappa shape index (κ2) is 7.26. The first-order valence-electron chi connectivity index (χ1n) is 8.68. The van der Waals surface area contributed by atoms with Crippen LogP contribution in [0.15, 0.2) is 30.3 Å². The molecule has 1 saturated heterocycles. The zero-order chi connectivity index (χ0) is 16.2. The average Bonchev–Trinajstić information content (AvgIpc) is 2.99. The van der Waals surface area contributed by atoms with Gasteiger partial charge in [-0.25, -0.2) is 0 Å². The summed E-state index contributed by atoms with van der Waals surface area (Å²) in [5, 5.41) is 12.9. The van der Waals surface area contributed by atoms with E-state index in [4.69, 9.17) is 0 Å². The number of carbonyl (C=O) groups excluding carboxylic acids is 1. The number of benzene rings is 1. The highest BCUT2D eigenvalue weighted by atomic mass is 16.4. The summed E-state index contributed by atoms with van der Waals surface area (Å²) in [6.45, 7) is 0.914. The Hall–Kier alpha value is -1.68. The molecule has 1 aromatic rings. The van der Waals surface area contributed by atoms with Crippen molar-refractivity contribution in [3.8, 4) is 0 Å². The molecule has 0 bridgehead atoms. The number of hydrogen-bond donors (Lipinski definition) is 2. The minimum Gasteiger partial charge on any atom is -0.481 e. The highest BCUT2D eigenvalue weighted by molar-refractivity contribution is 5.88. The van der Waals surface area contributed by atoms with Gasteiger partial charge in [0, 0.05) is 6.42 Å². The molecule has 23 heavy (non-hydrogen) atoms. The summed E-state index contributed by atoms with van der Waals surface area (Å²) in [7, 11) is 0. The summed E-state index contributed by atoms with van der Waals surface area (Å²) in [4.78, 5) is 24.2. The predicted octanol–water partition coefficient (Wildman–Crippen LogP) is 2.67. The number of fused-ring (bicyclic) bond motifs is 1. The van der Waals surface area contributed by atoms with Gasteiger partial charge >= 0.3 is 5.97 Å². The van der Waals surface area contributed by atoms with Crippen LogP contribution in [-0.2, 0) is 16.0 Å². The van der Waals surface area contributed by atoms with Crippen LogP contribution in [0, 0.1) is 17.8 Å². The first kappa shape index (κ1) is 16.2. The molecular weight excluding hydrogens is 290 g/mol. The minimum atomic E-state index is -0.875. The number of carbonyl (C=O) groups is 2. The van der Waals surface area contributed by atoms with E-state index in [9.17, 15) is 14.7 Å². The van der Waals surface area contributed by atoms with Crippen LogP contribution >= 0.6 is 0 Å². The highest BCUT2D eigenvalue weighted by Crippen LogP contribution is 2.36. The van der Waals surface area contributed by atoms with Gasteiger partial charge in [0.25, 0.3) is 0 Å². The Morgan fingerprint density at radius 1 is 1.17 bits per heavy atom. The second-order valence-corrected chi connectivity index (χ2v) is 6.99. The van der Waals surface area contributed by atoms with Crippen molar-refractivity contribution in [1.82, 2.24) is 5.32 Å². The smallest absolute Gasteiger partial charge is 0.307 e. The van der Waals surface area contributed by atoms with Crippen LogP contribution in [0.4, 0.5) is 0 Å². The van der Waals surface area contributed by atoms with Crippen molar-refractivity contribution >= 4 is 11.8 Å². The van der Waals surface area contributed by atoms with Gasteiger partial charge < -0.3 is 10.4 Å². The molecule has 2 aliphatic rings. The Morgan fingerprint density at radius 3 is 2.65 bits per heavy atom. The monoisotopic (exact) mass is 315 g/mol. The summed E-state index contributed by atoms with van der Waals surface area (Å²) < 4.78 is 0. The van der Waals surface area contributed by atoms with Gasteiger partial charge in [0.15, 0.2) is 5.78 Å². The number of ketones is 1. The predicted molar refractivity (Wildman–Crippen MR) is 88.1 cm³/mol. The van der Waals surface area contributed by atoms with Crippen LogP contribution in [0.3, 0.4) is 0 Å². The summed E-state index contributed by atoms with van der Waals surface area (Å²) >= 11 is 0. The van der Waals surface area contributed by atoms with Gasteiger partial charge in [0.1, 0.15) is 0 Å². The second-order valence-electron chi connectivity index (χ2n) is 6.99. The Bertz CT molecular complexity index is 557. The van der Waals surface area contributed by atoms with E-state index in [0.29, 0.717) is 18.3 Å². The van der Waals surface area contributed by atoms with Crippen LogP contribution in [0.2, 0.25) is 0 Å². The van der Waals surface area contributed by atoms with Gasteiger partial charge in [0.05, 0.1) is 12.0 Å². The molecule has 2 unspecified atom stereocenters. The van der Waals surface area contributed by atoms with E-state index in [-0.39, 0.29) is 18.2 Å². The third kappa shape index (κ3) is 3.81. The van der Waals surface area contributed by atoms with E-state index >= 15 is 0 Å². The minimum absolute atomic E-state index is 0.0859. The molecule has 4 nitrogen and oxygen atoms in total. The first-order valence-corrected chi connectivity index (χ1v) is 8.68. The van der Waals surface area contributed by atoms with Crippen molar-refractivity contribution in [2.75, 3.05) is 6.54 Å². The lowest BCUT2D eigenvalue weighted by molar-refractivity contribution is -0.144. The van der Waals surface area contributed by atoms with E-state index in [1.54, 1.807) is 0 Å². The summed E-state index contributed by atoms with van der Waals surface area (Å²) in [5.74, 6) is -0.394. The van der Waals surface area contributed by atoms with Crippen LogP contribution in [0.5, 0.6) is 0 Å². The largest absolute Gasteiger partial charge is 0.481 e. The molecule has 1 aliphatic heterocycles. The van der Waals surface area contributed by atoms with E-state index in [1.165, 1.54) is 19.3 Å². The molecule has 0 aromatic heterocycles. The first-order chi connectivity index (χ1) is 11.1. The van der Waals surface area contributed by atoms with Crippen molar-refractivity contribution in [1.29, 1.82) is 0 Å². The molecular formula is C19H25NO3. The number of Topliss-reactive ketones (excluding diaryl/α,β-unsaturated/α-hetero) is 1. The number of nitrogens with one attached hydrogen (secondary N) is 1. The molecule has 2 fully saturated rings. The summed E-state index contributed by atoms with van der Waals surface area (Å²) in [6.07, 6.45) is 5.31. The van der Waals surface area contributed by atoms with Crippen molar-refractivity contribution in [2.24, 2.45) is 17.8 Å². The van der Waals surface area contributed by atoms with Crippen molar-refractivity contribution in [3.05, 3.63) is 35.9 Å². The summed E-state index contributed by atoms with van der Waals surface area (Å²) in [5.41, 5.74) is 0.975. The number of carboxylic acids is 1. The van der Waals surface area contributed by atoms with Gasteiger partial charge in [-0.1, -0.05) is 43.2 Å². The fourth-order valence-corrected chi connectivity index (χ4v) is 4.23. The number of carboxylic acid groups (broad SMARTS) is 1. The van der Waals surface area contributed by atoms with Gasteiger partial charge in [-0.3, -0.25) is 9.59 Å². The maximum absolute atomic E-state index is 12.7. The quantitative estimate of drug-likeness (QED) is 0.847. The lowest BCUT2D eigenvalue weighted by Crippen LogP contribution is -2.38. The fourth-order valence-electron chi connectivity index (χ4n) is 4.23. The third-order valence-corrected chi connectivity index (χ3v) is 5.46. The standard InChI is InChI=1S/C19H25NO3/c21-17(18-16-9-5-4-8-14(16)12-20-18)11-15(19(22)23)10-13-6-2-1-3-7-13/h1-3,6-7,14-16,18,20H,4-5,8-12H2,(H,22,23)/t14-,15?,16-,18?/m1/s1. The maximum Gasteiger partial charge on any atom is 0.307 e. The molecule has 4 atom stereocenters. The van der Waals surface area contributed by atoms with Gasteiger partial charge in [-0.05, 0) is 43.2 Å². The van der Waals surface area contributed by atoms with Crippen LogP contribution in [0.25, 0.3) is 0 Å². The van der Waals surface area contributed by atoms with Gasteiger partial charge in [-0.2, -0.15) is 0 Å². The molecule has 1 aliphatic carbocycles. The topological polar surface area (TPSA) is 66.4 Å². The van der Waals surface area contributed by atoms with E-state index in [2.05, 4.69) is 5.32 Å². The Morgan fingerprint density at radius 2 is 1.91 bits per heavy atom. The van der Waals surface area contributed by atoms with E-state index in [1.807, 2.05) is 30.3 Å². The lowest BCUT2D eigenvalue weighted by Gasteiger charge is -2.28. The average molecular weight is 315 g/mol. The molecule has 3 rings (SSSR count). The Kier molecular flexibility index (Phi) is 5.11. The van der Waals surface area contributed by atoms with Crippen molar-refractivity contribution in [2.45, 2.75) is 44.6 Å². The van der Waals surface area contributed by atoms with Crippen molar-refractivity contribution < 1.29 is 14.7 Å². The Balaban J connectivity index is 1.63. The molecule has 1 heterocycles. The van der Waals surface area contributed by atoms with Crippen LogP contribution < -0.4 is 5.32 Å². The number of aliphatic carboxylic acids is 1. The molecule has 4 heteroatoms. The summed E-state index contributed by atoms with van der Waals surface area (Å²) in [6, 6.07) is 9.44. The van der Waals surface area contributed by atoms with Gasteiger partial charge in [0.2, 0.25) is 0 Å². The highest BCUT2D eigenvalue weighted by Gasteiger charge is 2.41. The third-order valence-electron chi connectivity index (χ3n) is 5.46. The van der Waals surface area contributed by atoms with Crippen molar-refractivity contribution in [3.63, 3.8) is 0 Å². The maximum atomic E-state index is 12.7.